The molecule has 0 amide bonds. The zero-order valence-corrected chi connectivity index (χ0v) is 9.84. The smallest absolute Gasteiger partial charge is 0 e. The van der Waals surface area contributed by atoms with Crippen molar-refractivity contribution in [1.29, 1.82) is 0 Å². The monoisotopic (exact) mass is 235 g/mol. The summed E-state index contributed by atoms with van der Waals surface area (Å²) in [6.45, 7) is 5.00. The first-order chi connectivity index (χ1) is 5.47. The number of allylic oxidation sites excluding steroid dienone is 1. The van der Waals surface area contributed by atoms with Crippen LogP contribution in [0.4, 0.5) is 0 Å². The third-order valence-corrected chi connectivity index (χ3v) is 1.69. The van der Waals surface area contributed by atoms with Crippen molar-refractivity contribution < 1.29 is 26.2 Å². The molecule has 0 unspecified atom stereocenters. The Morgan fingerprint density at radius 2 is 1.83 bits per heavy atom. The van der Waals surface area contributed by atoms with E-state index in [1.54, 1.807) is 6.92 Å². The van der Waals surface area contributed by atoms with Crippen molar-refractivity contribution in [3.63, 3.8) is 0 Å². The van der Waals surface area contributed by atoms with Crippen LogP contribution in [0.3, 0.4) is 0 Å². The van der Waals surface area contributed by atoms with E-state index in [0.717, 1.165) is 6.42 Å². The Morgan fingerprint density at radius 1 is 1.17 bits per heavy atom. The van der Waals surface area contributed by atoms with Crippen molar-refractivity contribution in [2.75, 3.05) is 0 Å². The van der Waals surface area contributed by atoms with E-state index in [2.05, 4.69) is 43.3 Å². The Morgan fingerprint density at radius 3 is 2.50 bits per heavy atom. The third kappa shape index (κ3) is 2.71. The van der Waals surface area contributed by atoms with Gasteiger partial charge >= 0.3 is 0 Å². The van der Waals surface area contributed by atoms with Gasteiger partial charge in [-0.3, -0.25) is 0 Å². The zero-order valence-electron chi connectivity index (χ0n) is 7.38. The molecule has 0 spiro atoms. The van der Waals surface area contributed by atoms with Crippen LogP contribution >= 0.6 is 0 Å². The fourth-order valence-electron chi connectivity index (χ4n) is 1.20. The minimum atomic E-state index is 0. The molecule has 0 radical (unpaired) electrons. The fraction of sp³-hybridized carbons (Fsp3) is 0.182. The first-order valence-corrected chi connectivity index (χ1v) is 3.92. The van der Waals surface area contributed by atoms with Crippen LogP contribution in [0.25, 0.3) is 6.08 Å². The molecule has 0 saturated carbocycles. The van der Waals surface area contributed by atoms with E-state index in [1.807, 2.05) is 0 Å². The minimum absolute atomic E-state index is 0. The molecule has 62 valence electrons. The summed E-state index contributed by atoms with van der Waals surface area (Å²) in [4.78, 5) is 0. The van der Waals surface area contributed by atoms with E-state index in [0.29, 0.717) is 0 Å². The van der Waals surface area contributed by atoms with Gasteiger partial charge in [0, 0.05) is 26.2 Å². The van der Waals surface area contributed by atoms with E-state index < -0.39 is 0 Å². The Kier molecular flexibility index (Phi) is 6.29. The van der Waals surface area contributed by atoms with Crippen molar-refractivity contribution in [1.82, 2.24) is 0 Å². The summed E-state index contributed by atoms with van der Waals surface area (Å²) in [5, 5.41) is 0. The average molecular weight is 236 g/mol. The first-order valence-electron chi connectivity index (χ1n) is 3.92. The van der Waals surface area contributed by atoms with Crippen LogP contribution in [0.2, 0.25) is 0 Å². The van der Waals surface area contributed by atoms with Crippen molar-refractivity contribution in [3.05, 3.63) is 48.4 Å². The van der Waals surface area contributed by atoms with Crippen molar-refractivity contribution in [2.45, 2.75) is 13.3 Å². The van der Waals surface area contributed by atoms with Gasteiger partial charge < -0.3 is 6.92 Å². The molecule has 1 aromatic rings. The normalized spacial score (nSPS) is 10.8. The second-order valence-corrected chi connectivity index (χ2v) is 2.31. The van der Waals surface area contributed by atoms with E-state index in [4.69, 9.17) is 0 Å². The molecule has 0 aromatic heterocycles. The van der Waals surface area contributed by atoms with Crippen LogP contribution in [0.1, 0.15) is 18.1 Å². The van der Waals surface area contributed by atoms with Crippen molar-refractivity contribution in [2.24, 2.45) is 0 Å². The molecule has 0 saturated heterocycles. The van der Waals surface area contributed by atoms with E-state index >= 15 is 0 Å². The fourth-order valence-corrected chi connectivity index (χ4v) is 1.20. The summed E-state index contributed by atoms with van der Waals surface area (Å²) in [5.41, 5.74) is 2.84. The average Bonchev–Trinajstić information content (AvgIpc) is 2.55. The molecule has 2 rings (SSSR count). The molecular formula is C11H13Zr-. The van der Waals surface area contributed by atoms with Crippen molar-refractivity contribution in [3.8, 4) is 0 Å². The van der Waals surface area contributed by atoms with Gasteiger partial charge in [-0.1, -0.05) is 36.4 Å². The van der Waals surface area contributed by atoms with Gasteiger partial charge in [0.15, 0.2) is 0 Å². The molecule has 1 aliphatic carbocycles. The van der Waals surface area contributed by atoms with Crippen LogP contribution < -0.4 is 0 Å². The Bertz CT molecular complexity index is 251. The molecule has 0 bridgehead atoms. The third-order valence-electron chi connectivity index (χ3n) is 1.69. The zero-order chi connectivity index (χ0) is 8.10. The Hall–Kier alpha value is -0.157. The maximum absolute atomic E-state index is 3.25. The standard InChI is InChI=1S/C9H8.C2H5.Zr/c1-2-5-9-7-3-6-8(9)4-1;1-2;/h1-6H,7H2;1H2,2H3;/q;-1;. The largest absolute Gasteiger partial charge is 0.346 e. The van der Waals surface area contributed by atoms with E-state index in [-0.39, 0.29) is 26.2 Å². The van der Waals surface area contributed by atoms with Gasteiger partial charge in [0.1, 0.15) is 0 Å². The molecule has 0 N–H and O–H groups in total. The molecule has 0 nitrogen and oxygen atoms in total. The molecule has 12 heavy (non-hydrogen) atoms. The number of hydrogen-bond donors (Lipinski definition) is 0. The van der Waals surface area contributed by atoms with Crippen LogP contribution in [0, 0.1) is 6.92 Å². The minimum Gasteiger partial charge on any atom is -0.346 e. The Labute approximate surface area is 93.8 Å². The van der Waals surface area contributed by atoms with Gasteiger partial charge in [0.2, 0.25) is 0 Å². The molecule has 1 heteroatoms. The molecular weight excluding hydrogens is 223 g/mol. The maximum atomic E-state index is 3.25. The van der Waals surface area contributed by atoms with Gasteiger partial charge in [-0.05, 0) is 17.5 Å². The molecule has 0 fully saturated rings. The van der Waals surface area contributed by atoms with Crippen LogP contribution in [-0.2, 0) is 32.6 Å². The molecule has 0 atom stereocenters. The van der Waals surface area contributed by atoms with Crippen LogP contribution in [0.15, 0.2) is 30.3 Å². The maximum Gasteiger partial charge on any atom is 0 e. The number of fused-ring (bicyclic) bond motifs is 1. The summed E-state index contributed by atoms with van der Waals surface area (Å²) >= 11 is 0. The second-order valence-electron chi connectivity index (χ2n) is 2.31. The molecule has 1 aromatic carbocycles. The summed E-state index contributed by atoms with van der Waals surface area (Å²) in [6, 6.07) is 8.49. The predicted molar refractivity (Wildman–Crippen MR) is 50.2 cm³/mol. The number of hydrogen-bond acceptors (Lipinski definition) is 0. The second kappa shape index (κ2) is 6.37. The van der Waals surface area contributed by atoms with Gasteiger partial charge in [-0.25, -0.2) is 0 Å². The van der Waals surface area contributed by atoms with Gasteiger partial charge in [0.25, 0.3) is 0 Å². The SMILES string of the molecule is C1=Cc2ccccc2C1.[CH2-]C.[Zr]. The molecule has 0 aliphatic heterocycles. The van der Waals surface area contributed by atoms with E-state index in [1.165, 1.54) is 11.1 Å². The molecule has 0 heterocycles. The molecule has 1 aliphatic rings. The summed E-state index contributed by atoms with van der Waals surface area (Å²) < 4.78 is 0. The first kappa shape index (κ1) is 11.8. The number of rotatable bonds is 0. The van der Waals surface area contributed by atoms with Gasteiger partial charge in [-0.15, -0.1) is 0 Å². The van der Waals surface area contributed by atoms with E-state index in [9.17, 15) is 0 Å². The van der Waals surface area contributed by atoms with Crippen LogP contribution in [0.5, 0.6) is 0 Å². The van der Waals surface area contributed by atoms with Gasteiger partial charge in [-0.2, -0.15) is 6.92 Å². The topological polar surface area (TPSA) is 0 Å². The Balaban J connectivity index is 0.000000378. The van der Waals surface area contributed by atoms with Crippen molar-refractivity contribution >= 4 is 6.08 Å². The summed E-state index contributed by atoms with van der Waals surface area (Å²) in [6.07, 6.45) is 5.50. The number of benzene rings is 1. The quantitative estimate of drug-likeness (QED) is 0.607. The summed E-state index contributed by atoms with van der Waals surface area (Å²) in [5.74, 6) is 0. The predicted octanol–water partition coefficient (Wildman–Crippen LogP) is 3.09. The van der Waals surface area contributed by atoms with Crippen LogP contribution in [-0.4, -0.2) is 0 Å². The van der Waals surface area contributed by atoms with Gasteiger partial charge in [0.05, 0.1) is 0 Å². The summed E-state index contributed by atoms with van der Waals surface area (Å²) in [7, 11) is 0.